The Balaban J connectivity index is 4.59. The summed E-state index contributed by atoms with van der Waals surface area (Å²) >= 11 is 0. The highest BCUT2D eigenvalue weighted by Gasteiger charge is 2.26. The van der Waals surface area contributed by atoms with Crippen molar-refractivity contribution in [3.05, 3.63) is 0 Å². The van der Waals surface area contributed by atoms with Gasteiger partial charge in [-0.05, 0) is 27.7 Å². The van der Waals surface area contributed by atoms with Crippen LogP contribution in [0.25, 0.3) is 0 Å². The number of carbonyl (C=O) groups excluding carboxylic acids is 3. The quantitative estimate of drug-likeness (QED) is 0.341. The van der Waals surface area contributed by atoms with Crippen molar-refractivity contribution in [3.8, 4) is 0 Å². The molecule has 1 unspecified atom stereocenters. The van der Waals surface area contributed by atoms with Gasteiger partial charge in [0.25, 0.3) is 0 Å². The monoisotopic (exact) mass is 287 g/mol. The predicted octanol–water partition coefficient (Wildman–Crippen LogP) is 1.03. The van der Waals surface area contributed by atoms with Gasteiger partial charge in [-0.25, -0.2) is 0 Å². The van der Waals surface area contributed by atoms with Crippen molar-refractivity contribution in [2.24, 2.45) is 5.92 Å². The summed E-state index contributed by atoms with van der Waals surface area (Å²) in [7, 11) is 0. The van der Waals surface area contributed by atoms with Crippen molar-refractivity contribution in [1.82, 2.24) is 4.90 Å². The van der Waals surface area contributed by atoms with Gasteiger partial charge in [0, 0.05) is 19.2 Å². The minimum Gasteiger partial charge on any atom is -0.466 e. The topological polar surface area (TPSA) is 72.9 Å². The van der Waals surface area contributed by atoms with E-state index in [0.717, 1.165) is 0 Å². The highest BCUT2D eigenvalue weighted by molar-refractivity contribution is 5.92. The smallest absolute Gasteiger partial charge is 0.307 e. The number of nitrogens with zero attached hydrogens (tertiary/aromatic N) is 1. The SMILES string of the molecule is CCOCC(C=O)C(=O)N(CCC(=O)OCC)C(C)C. The average Bonchev–Trinajstić information content (AvgIpc) is 2.39. The molecule has 0 fully saturated rings. The molecule has 6 heteroatoms. The summed E-state index contributed by atoms with van der Waals surface area (Å²) in [6.45, 7) is 8.28. The van der Waals surface area contributed by atoms with Gasteiger partial charge in [0.2, 0.25) is 5.91 Å². The van der Waals surface area contributed by atoms with Crippen molar-refractivity contribution in [2.75, 3.05) is 26.4 Å². The Hall–Kier alpha value is -1.43. The molecule has 20 heavy (non-hydrogen) atoms. The van der Waals surface area contributed by atoms with Crippen LogP contribution in [-0.2, 0) is 23.9 Å². The Morgan fingerprint density at radius 2 is 1.85 bits per heavy atom. The molecule has 0 saturated carbocycles. The van der Waals surface area contributed by atoms with Crippen LogP contribution in [0.1, 0.15) is 34.1 Å². The first kappa shape index (κ1) is 18.6. The van der Waals surface area contributed by atoms with Crippen molar-refractivity contribution >= 4 is 18.2 Å². The largest absolute Gasteiger partial charge is 0.466 e. The van der Waals surface area contributed by atoms with Crippen LogP contribution in [0.4, 0.5) is 0 Å². The van der Waals surface area contributed by atoms with E-state index in [1.807, 2.05) is 13.8 Å². The molecule has 0 N–H and O–H groups in total. The molecule has 0 aliphatic carbocycles. The molecule has 6 nitrogen and oxygen atoms in total. The molecule has 0 radical (unpaired) electrons. The van der Waals surface area contributed by atoms with E-state index in [1.54, 1.807) is 13.8 Å². The number of hydrogen-bond donors (Lipinski definition) is 0. The van der Waals surface area contributed by atoms with Gasteiger partial charge < -0.3 is 19.2 Å². The lowest BCUT2D eigenvalue weighted by Crippen LogP contribution is -2.44. The molecule has 0 bridgehead atoms. The summed E-state index contributed by atoms with van der Waals surface area (Å²) in [5.74, 6) is -1.48. The number of rotatable bonds is 10. The zero-order chi connectivity index (χ0) is 15.5. The van der Waals surface area contributed by atoms with E-state index in [2.05, 4.69) is 0 Å². The first-order valence-corrected chi connectivity index (χ1v) is 6.96. The summed E-state index contributed by atoms with van der Waals surface area (Å²) in [6, 6.07) is -0.0963. The molecule has 1 atom stereocenters. The molecular formula is C14H25NO5. The van der Waals surface area contributed by atoms with Gasteiger partial charge in [-0.2, -0.15) is 0 Å². The fourth-order valence-electron chi connectivity index (χ4n) is 1.69. The normalized spacial score (nSPS) is 12.1. The maximum atomic E-state index is 12.3. The number of hydrogen-bond acceptors (Lipinski definition) is 5. The minimum absolute atomic E-state index is 0.0709. The van der Waals surface area contributed by atoms with E-state index in [9.17, 15) is 14.4 Å². The molecule has 0 aromatic heterocycles. The van der Waals surface area contributed by atoms with Gasteiger partial charge >= 0.3 is 5.97 Å². The highest BCUT2D eigenvalue weighted by Crippen LogP contribution is 2.08. The van der Waals surface area contributed by atoms with E-state index in [-0.39, 0.29) is 37.5 Å². The van der Waals surface area contributed by atoms with Crippen LogP contribution in [0.3, 0.4) is 0 Å². The van der Waals surface area contributed by atoms with Gasteiger partial charge in [-0.3, -0.25) is 9.59 Å². The minimum atomic E-state index is -0.820. The first-order chi connectivity index (χ1) is 9.47. The van der Waals surface area contributed by atoms with E-state index >= 15 is 0 Å². The molecule has 0 saturated heterocycles. The molecular weight excluding hydrogens is 262 g/mol. The summed E-state index contributed by atoms with van der Waals surface area (Å²) in [5.41, 5.74) is 0. The van der Waals surface area contributed by atoms with Gasteiger partial charge in [0.15, 0.2) is 0 Å². The number of aldehydes is 1. The van der Waals surface area contributed by atoms with Crippen molar-refractivity contribution in [2.45, 2.75) is 40.2 Å². The van der Waals surface area contributed by atoms with Crippen LogP contribution in [-0.4, -0.2) is 55.5 Å². The average molecular weight is 287 g/mol. The second kappa shape index (κ2) is 10.4. The summed E-state index contributed by atoms with van der Waals surface area (Å²) < 4.78 is 9.96. The Morgan fingerprint density at radius 1 is 1.20 bits per heavy atom. The van der Waals surface area contributed by atoms with Gasteiger partial charge in [0.1, 0.15) is 12.2 Å². The standard InChI is InChI=1S/C14H25NO5/c1-5-19-10-12(9-16)14(18)15(11(3)4)8-7-13(17)20-6-2/h9,11-12H,5-8,10H2,1-4H3. The zero-order valence-electron chi connectivity index (χ0n) is 12.8. The maximum Gasteiger partial charge on any atom is 0.307 e. The van der Waals surface area contributed by atoms with E-state index < -0.39 is 5.92 Å². The van der Waals surface area contributed by atoms with Crippen molar-refractivity contribution < 1.29 is 23.9 Å². The number of carbonyl (C=O) groups is 3. The predicted molar refractivity (Wildman–Crippen MR) is 74.1 cm³/mol. The second-order valence-corrected chi connectivity index (χ2v) is 4.58. The molecule has 0 rings (SSSR count). The number of ether oxygens (including phenoxy) is 2. The molecule has 0 aromatic carbocycles. The van der Waals surface area contributed by atoms with Gasteiger partial charge in [0.05, 0.1) is 19.6 Å². The Bertz CT molecular complexity index is 317. The molecule has 0 spiro atoms. The Kier molecular flexibility index (Phi) is 9.63. The van der Waals surface area contributed by atoms with Crippen LogP contribution < -0.4 is 0 Å². The summed E-state index contributed by atoms with van der Waals surface area (Å²) in [4.78, 5) is 36.1. The van der Waals surface area contributed by atoms with Gasteiger partial charge in [-0.15, -0.1) is 0 Å². The van der Waals surface area contributed by atoms with Crippen LogP contribution in [0.2, 0.25) is 0 Å². The molecule has 0 aromatic rings. The summed E-state index contributed by atoms with van der Waals surface area (Å²) in [5, 5.41) is 0. The first-order valence-electron chi connectivity index (χ1n) is 6.96. The zero-order valence-corrected chi connectivity index (χ0v) is 12.8. The Morgan fingerprint density at radius 3 is 2.30 bits per heavy atom. The van der Waals surface area contributed by atoms with Crippen LogP contribution in [0.15, 0.2) is 0 Å². The molecule has 1 amide bonds. The fourth-order valence-corrected chi connectivity index (χ4v) is 1.69. The van der Waals surface area contributed by atoms with Crippen LogP contribution in [0.5, 0.6) is 0 Å². The third-order valence-corrected chi connectivity index (χ3v) is 2.75. The van der Waals surface area contributed by atoms with E-state index in [4.69, 9.17) is 9.47 Å². The van der Waals surface area contributed by atoms with E-state index in [0.29, 0.717) is 19.5 Å². The molecule has 0 heterocycles. The Labute approximate surface area is 120 Å². The highest BCUT2D eigenvalue weighted by atomic mass is 16.5. The molecule has 0 aliphatic heterocycles. The molecule has 116 valence electrons. The van der Waals surface area contributed by atoms with Crippen LogP contribution in [0, 0.1) is 5.92 Å². The third-order valence-electron chi connectivity index (χ3n) is 2.75. The van der Waals surface area contributed by atoms with E-state index in [1.165, 1.54) is 4.90 Å². The van der Waals surface area contributed by atoms with Gasteiger partial charge in [-0.1, -0.05) is 0 Å². The lowest BCUT2D eigenvalue weighted by Gasteiger charge is -2.28. The maximum absolute atomic E-state index is 12.3. The molecule has 0 aliphatic rings. The second-order valence-electron chi connectivity index (χ2n) is 4.58. The fraction of sp³-hybridized carbons (Fsp3) is 0.786. The third kappa shape index (κ3) is 6.65. The van der Waals surface area contributed by atoms with Crippen LogP contribution >= 0.6 is 0 Å². The lowest BCUT2D eigenvalue weighted by molar-refractivity contribution is -0.145. The number of amides is 1. The number of esters is 1. The summed E-state index contributed by atoms with van der Waals surface area (Å²) in [6.07, 6.45) is 0.718. The lowest BCUT2D eigenvalue weighted by atomic mass is 10.1. The van der Waals surface area contributed by atoms with Crippen molar-refractivity contribution in [3.63, 3.8) is 0 Å². The van der Waals surface area contributed by atoms with Crippen molar-refractivity contribution in [1.29, 1.82) is 0 Å².